The second-order valence-electron chi connectivity index (χ2n) is 10.2. The highest BCUT2D eigenvalue weighted by Crippen LogP contribution is 2.39. The van der Waals surface area contributed by atoms with Gasteiger partial charge in [0.1, 0.15) is 11.6 Å². The van der Waals surface area contributed by atoms with Crippen molar-refractivity contribution in [3.63, 3.8) is 0 Å². The molecule has 2 unspecified atom stereocenters. The van der Waals surface area contributed by atoms with Crippen LogP contribution in [0.5, 0.6) is 5.75 Å². The van der Waals surface area contributed by atoms with Crippen molar-refractivity contribution in [3.8, 4) is 5.75 Å². The number of aromatic nitrogens is 1. The van der Waals surface area contributed by atoms with Gasteiger partial charge in [-0.15, -0.1) is 0 Å². The zero-order valence-electron chi connectivity index (χ0n) is 20.3. The molecule has 192 valence electrons. The van der Waals surface area contributed by atoms with E-state index >= 15 is 0 Å². The van der Waals surface area contributed by atoms with Crippen LogP contribution in [0.3, 0.4) is 0 Å². The van der Waals surface area contributed by atoms with Crippen molar-refractivity contribution in [3.05, 3.63) is 52.1 Å². The fraction of sp³-hybridized carbons (Fsp3) is 0.500. The quantitative estimate of drug-likeness (QED) is 0.560. The Morgan fingerprint density at radius 3 is 2.36 bits per heavy atom. The lowest BCUT2D eigenvalue weighted by Crippen LogP contribution is -2.55. The number of hydrogen-bond acceptors (Lipinski definition) is 6. The highest BCUT2D eigenvalue weighted by Gasteiger charge is 2.43. The lowest BCUT2D eigenvalue weighted by Gasteiger charge is -2.41. The number of nitrogens with one attached hydrogen (secondary N) is 2. The number of ether oxygens (including phenoxy) is 2. The molecule has 5 rings (SSSR count). The second kappa shape index (κ2) is 10.1. The summed E-state index contributed by atoms with van der Waals surface area (Å²) in [5.74, 6) is 0.977. The summed E-state index contributed by atoms with van der Waals surface area (Å²) in [6.45, 7) is 4.59. The van der Waals surface area contributed by atoms with Gasteiger partial charge in [0.05, 0.1) is 29.8 Å². The number of carbonyl (C=O) groups excluding carboxylic acids is 2. The number of anilines is 1. The number of pyridine rings is 1. The molecule has 1 aromatic heterocycles. The van der Waals surface area contributed by atoms with Gasteiger partial charge in [-0.1, -0.05) is 23.2 Å². The molecule has 2 N–H and O–H groups in total. The largest absolute Gasteiger partial charge is 0.476 e. The molecule has 10 heteroatoms. The number of amides is 2. The summed E-state index contributed by atoms with van der Waals surface area (Å²) in [7, 11) is 0. The van der Waals surface area contributed by atoms with Crippen LogP contribution in [0.4, 0.5) is 5.82 Å². The highest BCUT2D eigenvalue weighted by molar-refractivity contribution is 6.35. The van der Waals surface area contributed by atoms with E-state index in [0.717, 1.165) is 31.5 Å². The van der Waals surface area contributed by atoms with Gasteiger partial charge in [0.25, 0.3) is 11.8 Å². The zero-order valence-corrected chi connectivity index (χ0v) is 21.8. The van der Waals surface area contributed by atoms with E-state index in [1.54, 1.807) is 38.2 Å². The van der Waals surface area contributed by atoms with E-state index in [-0.39, 0.29) is 36.0 Å². The number of rotatable bonds is 7. The average molecular weight is 533 g/mol. The summed E-state index contributed by atoms with van der Waals surface area (Å²) in [6.07, 6.45) is 5.38. The predicted octanol–water partition coefficient (Wildman–Crippen LogP) is 3.99. The fourth-order valence-electron chi connectivity index (χ4n) is 5.17. The average Bonchev–Trinajstić information content (AvgIpc) is 3.08. The van der Waals surface area contributed by atoms with E-state index in [9.17, 15) is 9.59 Å². The molecule has 0 spiro atoms. The number of piperidine rings is 1. The maximum absolute atomic E-state index is 13.1. The predicted molar refractivity (Wildman–Crippen MR) is 138 cm³/mol. The van der Waals surface area contributed by atoms with Crippen LogP contribution in [0.25, 0.3) is 0 Å². The number of halogens is 2. The Kier molecular flexibility index (Phi) is 7.03. The Labute approximate surface area is 220 Å². The monoisotopic (exact) mass is 532 g/mol. The van der Waals surface area contributed by atoms with E-state index in [4.69, 9.17) is 32.7 Å². The van der Waals surface area contributed by atoms with E-state index in [1.807, 2.05) is 12.1 Å². The van der Waals surface area contributed by atoms with Crippen molar-refractivity contribution in [1.82, 2.24) is 15.6 Å². The molecule has 4 heterocycles. The topological polar surface area (TPSA) is 92.8 Å². The van der Waals surface area contributed by atoms with Crippen molar-refractivity contribution in [1.29, 1.82) is 0 Å². The standard InChI is InChI=1S/C26H30Cl2N4O4/c1-26(2,36-22-7-4-16(27)9-21(22)28)25(34)31-17-10-19-5-6-20(11-17)32(19)23-8-3-15(12-29-23)24(33)30-18-13-35-14-18/h3-4,7-9,12,17-20H,5-6,10-11,13-14H2,1-2H3,(H,30,33)(H,31,34). The minimum atomic E-state index is -1.10. The summed E-state index contributed by atoms with van der Waals surface area (Å²) in [4.78, 5) is 32.4. The molecular formula is C26H30Cl2N4O4. The van der Waals surface area contributed by atoms with Gasteiger partial charge in [0.2, 0.25) is 0 Å². The van der Waals surface area contributed by atoms with Gasteiger partial charge in [0, 0.05) is 29.3 Å². The zero-order chi connectivity index (χ0) is 25.4. The summed E-state index contributed by atoms with van der Waals surface area (Å²) < 4.78 is 11.1. The number of fused-ring (bicyclic) bond motifs is 2. The molecule has 8 nitrogen and oxygen atoms in total. The van der Waals surface area contributed by atoms with Crippen LogP contribution in [0.2, 0.25) is 10.0 Å². The SMILES string of the molecule is CC(C)(Oc1ccc(Cl)cc1Cl)C(=O)NC1CC2CCC(C1)N2c1ccc(C(=O)NC2COC2)cn1. The van der Waals surface area contributed by atoms with Crippen molar-refractivity contribution in [2.24, 2.45) is 0 Å². The molecule has 36 heavy (non-hydrogen) atoms. The molecule has 3 aliphatic heterocycles. The normalized spacial score (nSPS) is 23.7. The maximum Gasteiger partial charge on any atom is 0.263 e. The van der Waals surface area contributed by atoms with Crippen LogP contribution in [0, 0.1) is 0 Å². The van der Waals surface area contributed by atoms with Gasteiger partial charge < -0.3 is 25.0 Å². The van der Waals surface area contributed by atoms with E-state index in [0.29, 0.717) is 34.6 Å². The molecular weight excluding hydrogens is 503 g/mol. The van der Waals surface area contributed by atoms with Crippen LogP contribution in [-0.4, -0.2) is 59.8 Å². The summed E-state index contributed by atoms with van der Waals surface area (Å²) >= 11 is 12.2. The smallest absolute Gasteiger partial charge is 0.263 e. The molecule has 0 aliphatic carbocycles. The lowest BCUT2D eigenvalue weighted by molar-refractivity contribution is -0.135. The van der Waals surface area contributed by atoms with Crippen molar-refractivity contribution in [2.45, 2.75) is 69.3 Å². The van der Waals surface area contributed by atoms with Crippen LogP contribution < -0.4 is 20.3 Å². The maximum atomic E-state index is 13.1. The van der Waals surface area contributed by atoms with Gasteiger partial charge >= 0.3 is 0 Å². The molecule has 3 aliphatic rings. The van der Waals surface area contributed by atoms with Crippen LogP contribution in [-0.2, 0) is 9.53 Å². The molecule has 0 radical (unpaired) electrons. The third-order valence-corrected chi connectivity index (χ3v) is 7.65. The van der Waals surface area contributed by atoms with Crippen LogP contribution in [0.15, 0.2) is 36.5 Å². The Morgan fingerprint density at radius 1 is 1.06 bits per heavy atom. The first-order valence-electron chi connectivity index (χ1n) is 12.3. The van der Waals surface area contributed by atoms with Gasteiger partial charge in [-0.05, 0) is 69.9 Å². The Balaban J connectivity index is 1.19. The Hall–Kier alpha value is -2.55. The summed E-state index contributed by atoms with van der Waals surface area (Å²) in [5.41, 5.74) is -0.555. The first-order chi connectivity index (χ1) is 17.2. The van der Waals surface area contributed by atoms with Crippen molar-refractivity contribution < 1.29 is 19.1 Å². The summed E-state index contributed by atoms with van der Waals surface area (Å²) in [5, 5.41) is 7.00. The summed E-state index contributed by atoms with van der Waals surface area (Å²) in [6, 6.07) is 9.38. The van der Waals surface area contributed by atoms with Crippen LogP contribution >= 0.6 is 23.2 Å². The Bertz CT molecular complexity index is 1130. The van der Waals surface area contributed by atoms with E-state index in [2.05, 4.69) is 20.5 Å². The number of carbonyl (C=O) groups is 2. The molecule has 2 aromatic rings. The lowest BCUT2D eigenvalue weighted by atomic mass is 9.96. The third-order valence-electron chi connectivity index (χ3n) is 7.12. The molecule has 3 fully saturated rings. The molecule has 0 saturated carbocycles. The minimum Gasteiger partial charge on any atom is -0.476 e. The molecule has 3 saturated heterocycles. The molecule has 2 amide bonds. The van der Waals surface area contributed by atoms with Gasteiger partial charge in [0.15, 0.2) is 5.60 Å². The minimum absolute atomic E-state index is 0.0459. The van der Waals surface area contributed by atoms with Gasteiger partial charge in [-0.25, -0.2) is 4.98 Å². The van der Waals surface area contributed by atoms with Crippen molar-refractivity contribution >= 4 is 40.8 Å². The first-order valence-corrected chi connectivity index (χ1v) is 13.0. The number of nitrogens with zero attached hydrogens (tertiary/aromatic N) is 2. The van der Waals surface area contributed by atoms with Gasteiger partial charge in [-0.3, -0.25) is 9.59 Å². The first kappa shape index (κ1) is 25.1. The molecule has 2 bridgehead atoms. The number of hydrogen-bond donors (Lipinski definition) is 2. The van der Waals surface area contributed by atoms with Crippen molar-refractivity contribution in [2.75, 3.05) is 18.1 Å². The second-order valence-corrected chi connectivity index (χ2v) is 11.1. The third kappa shape index (κ3) is 5.26. The molecule has 1 aromatic carbocycles. The van der Waals surface area contributed by atoms with E-state index < -0.39 is 5.60 Å². The molecule has 2 atom stereocenters. The Morgan fingerprint density at radius 2 is 1.78 bits per heavy atom. The van der Waals surface area contributed by atoms with Gasteiger partial charge in [-0.2, -0.15) is 0 Å². The highest BCUT2D eigenvalue weighted by atomic mass is 35.5. The van der Waals surface area contributed by atoms with Crippen LogP contribution in [0.1, 0.15) is 49.9 Å². The fourth-order valence-corrected chi connectivity index (χ4v) is 5.62. The number of benzene rings is 1. The van der Waals surface area contributed by atoms with E-state index in [1.165, 1.54) is 0 Å².